The molecule has 0 aromatic heterocycles. The van der Waals surface area contributed by atoms with E-state index in [2.05, 4.69) is 15.9 Å². The molecule has 0 aliphatic carbocycles. The van der Waals surface area contributed by atoms with Crippen LogP contribution in [0.3, 0.4) is 0 Å². The monoisotopic (exact) mass is 341 g/mol. The second-order valence-corrected chi connectivity index (χ2v) is 5.87. The van der Waals surface area contributed by atoms with E-state index in [1.165, 1.54) is 0 Å². The fraction of sp³-hybridized carbons (Fsp3) is 0.500. The Labute approximate surface area is 125 Å². The van der Waals surface area contributed by atoms with Crippen LogP contribution in [0.25, 0.3) is 0 Å². The summed E-state index contributed by atoms with van der Waals surface area (Å²) in [5, 5.41) is 8.82. The van der Waals surface area contributed by atoms with Gasteiger partial charge in [-0.05, 0) is 22.4 Å². The SMILES string of the molecule is NC(CCC(=O)O)c1c2c(c(Br)c3c1OCC3)OCC2. The number of hydrogen-bond acceptors (Lipinski definition) is 4. The smallest absolute Gasteiger partial charge is 0.303 e. The Kier molecular flexibility index (Phi) is 3.60. The zero-order chi connectivity index (χ0) is 14.3. The number of rotatable bonds is 4. The minimum absolute atomic E-state index is 0.0572. The van der Waals surface area contributed by atoms with Crippen LogP contribution >= 0.6 is 15.9 Å². The first-order valence-corrected chi connectivity index (χ1v) is 7.49. The molecule has 108 valence electrons. The molecule has 2 aliphatic rings. The number of halogens is 1. The predicted octanol–water partition coefficient (Wildman–Crippen LogP) is 2.18. The van der Waals surface area contributed by atoms with Gasteiger partial charge in [0.05, 0.1) is 17.7 Å². The van der Waals surface area contributed by atoms with Gasteiger partial charge < -0.3 is 20.3 Å². The third kappa shape index (κ3) is 2.16. The van der Waals surface area contributed by atoms with Gasteiger partial charge in [0.1, 0.15) is 11.5 Å². The predicted molar refractivity (Wildman–Crippen MR) is 76.3 cm³/mol. The topological polar surface area (TPSA) is 81.8 Å². The lowest BCUT2D eigenvalue weighted by molar-refractivity contribution is -0.137. The maximum Gasteiger partial charge on any atom is 0.303 e. The average Bonchev–Trinajstić information content (AvgIpc) is 3.05. The standard InChI is InChI=1S/C14H16BrNO4/c15-12-8-4-6-19-13(8)11(7-3-5-20-14(7)12)9(16)1-2-10(17)18/h9H,1-6,16H2,(H,17,18). The first-order valence-electron chi connectivity index (χ1n) is 6.69. The molecule has 0 fully saturated rings. The maximum atomic E-state index is 10.7. The number of hydrogen-bond donors (Lipinski definition) is 2. The molecule has 0 spiro atoms. The van der Waals surface area contributed by atoms with Gasteiger partial charge in [-0.25, -0.2) is 0 Å². The van der Waals surface area contributed by atoms with Gasteiger partial charge in [0, 0.05) is 42.0 Å². The van der Waals surface area contributed by atoms with E-state index in [1.54, 1.807) is 0 Å². The van der Waals surface area contributed by atoms with E-state index in [-0.39, 0.29) is 12.5 Å². The fourth-order valence-corrected chi connectivity index (χ4v) is 3.64. The lowest BCUT2D eigenvalue weighted by Gasteiger charge is -2.19. The Morgan fingerprint density at radius 2 is 1.90 bits per heavy atom. The van der Waals surface area contributed by atoms with Gasteiger partial charge in [-0.1, -0.05) is 0 Å². The number of carboxylic acid groups (broad SMARTS) is 1. The molecule has 3 rings (SSSR count). The molecular formula is C14H16BrNO4. The van der Waals surface area contributed by atoms with Crippen LogP contribution in [-0.2, 0) is 17.6 Å². The highest BCUT2D eigenvalue weighted by molar-refractivity contribution is 9.10. The van der Waals surface area contributed by atoms with Gasteiger partial charge in [-0.2, -0.15) is 0 Å². The highest BCUT2D eigenvalue weighted by Gasteiger charge is 2.32. The van der Waals surface area contributed by atoms with Crippen LogP contribution in [-0.4, -0.2) is 24.3 Å². The van der Waals surface area contributed by atoms with Crippen molar-refractivity contribution in [2.24, 2.45) is 5.73 Å². The normalized spacial score (nSPS) is 17.1. The molecule has 6 heteroatoms. The molecule has 1 atom stereocenters. The molecule has 1 unspecified atom stereocenters. The van der Waals surface area contributed by atoms with Crippen molar-refractivity contribution in [2.45, 2.75) is 31.7 Å². The van der Waals surface area contributed by atoms with Gasteiger partial charge in [0.15, 0.2) is 0 Å². The van der Waals surface area contributed by atoms with Crippen molar-refractivity contribution < 1.29 is 19.4 Å². The number of ether oxygens (including phenoxy) is 2. The summed E-state index contributed by atoms with van der Waals surface area (Å²) in [7, 11) is 0. The second-order valence-electron chi connectivity index (χ2n) is 5.08. The number of carbonyl (C=O) groups is 1. The molecule has 3 N–H and O–H groups in total. The summed E-state index contributed by atoms with van der Waals surface area (Å²) in [5.74, 6) is 0.858. The van der Waals surface area contributed by atoms with Crippen LogP contribution in [0.1, 0.15) is 35.6 Å². The highest BCUT2D eigenvalue weighted by Crippen LogP contribution is 2.49. The summed E-state index contributed by atoms with van der Waals surface area (Å²) >= 11 is 3.59. The van der Waals surface area contributed by atoms with Crippen molar-refractivity contribution in [3.05, 3.63) is 21.2 Å². The molecule has 1 aromatic rings. The Hall–Kier alpha value is -1.27. The van der Waals surface area contributed by atoms with E-state index < -0.39 is 5.97 Å². The fourth-order valence-electron chi connectivity index (χ4n) is 2.90. The van der Waals surface area contributed by atoms with Crippen molar-refractivity contribution >= 4 is 21.9 Å². The lowest BCUT2D eigenvalue weighted by Crippen LogP contribution is -2.15. The van der Waals surface area contributed by atoms with Crippen LogP contribution in [0.5, 0.6) is 11.5 Å². The minimum atomic E-state index is -0.831. The van der Waals surface area contributed by atoms with E-state index in [9.17, 15) is 4.79 Å². The van der Waals surface area contributed by atoms with Crippen molar-refractivity contribution in [2.75, 3.05) is 13.2 Å². The Morgan fingerprint density at radius 3 is 2.60 bits per heavy atom. The number of benzene rings is 1. The Bertz CT molecular complexity index is 538. The number of carboxylic acids is 1. The summed E-state index contributed by atoms with van der Waals surface area (Å²) < 4.78 is 12.4. The molecule has 2 heterocycles. The van der Waals surface area contributed by atoms with Gasteiger partial charge in [0.2, 0.25) is 0 Å². The average molecular weight is 342 g/mol. The Balaban J connectivity index is 2.04. The Morgan fingerprint density at radius 1 is 1.25 bits per heavy atom. The molecule has 0 amide bonds. The first-order chi connectivity index (χ1) is 9.59. The number of fused-ring (bicyclic) bond motifs is 2. The van der Waals surface area contributed by atoms with E-state index in [4.69, 9.17) is 20.3 Å². The summed E-state index contributed by atoms with van der Waals surface area (Å²) in [6, 6.07) is -0.332. The maximum absolute atomic E-state index is 10.7. The van der Waals surface area contributed by atoms with Crippen LogP contribution in [0, 0.1) is 0 Å². The van der Waals surface area contributed by atoms with E-state index in [0.717, 1.165) is 45.5 Å². The second kappa shape index (κ2) is 5.26. The van der Waals surface area contributed by atoms with Crippen LogP contribution < -0.4 is 15.2 Å². The third-order valence-electron chi connectivity index (χ3n) is 3.82. The van der Waals surface area contributed by atoms with Crippen LogP contribution in [0.15, 0.2) is 4.47 Å². The van der Waals surface area contributed by atoms with E-state index in [0.29, 0.717) is 19.6 Å². The zero-order valence-corrected chi connectivity index (χ0v) is 12.5. The summed E-state index contributed by atoms with van der Waals surface area (Å²) in [4.78, 5) is 10.7. The first kappa shape index (κ1) is 13.7. The summed E-state index contributed by atoms with van der Waals surface area (Å²) in [5.41, 5.74) is 9.32. The zero-order valence-electron chi connectivity index (χ0n) is 10.9. The quantitative estimate of drug-likeness (QED) is 0.877. The molecule has 2 aliphatic heterocycles. The highest BCUT2D eigenvalue weighted by atomic mass is 79.9. The molecule has 20 heavy (non-hydrogen) atoms. The van der Waals surface area contributed by atoms with E-state index >= 15 is 0 Å². The molecule has 0 saturated heterocycles. The third-order valence-corrected chi connectivity index (χ3v) is 4.66. The van der Waals surface area contributed by atoms with Gasteiger partial charge in [0.25, 0.3) is 0 Å². The molecule has 0 saturated carbocycles. The number of nitrogens with two attached hydrogens (primary N) is 1. The lowest BCUT2D eigenvalue weighted by atomic mass is 9.92. The van der Waals surface area contributed by atoms with Crippen molar-refractivity contribution in [3.63, 3.8) is 0 Å². The van der Waals surface area contributed by atoms with Gasteiger partial charge >= 0.3 is 5.97 Å². The minimum Gasteiger partial charge on any atom is -0.493 e. The van der Waals surface area contributed by atoms with Crippen molar-refractivity contribution in [3.8, 4) is 11.5 Å². The number of aliphatic carboxylic acids is 1. The van der Waals surface area contributed by atoms with Crippen LogP contribution in [0.4, 0.5) is 0 Å². The molecule has 0 radical (unpaired) electrons. The largest absolute Gasteiger partial charge is 0.493 e. The van der Waals surface area contributed by atoms with Crippen molar-refractivity contribution in [1.29, 1.82) is 0 Å². The summed E-state index contributed by atoms with van der Waals surface area (Å²) in [6.45, 7) is 1.27. The van der Waals surface area contributed by atoms with Crippen LogP contribution in [0.2, 0.25) is 0 Å². The van der Waals surface area contributed by atoms with Crippen molar-refractivity contribution in [1.82, 2.24) is 0 Å². The molecule has 0 bridgehead atoms. The van der Waals surface area contributed by atoms with Gasteiger partial charge in [-0.15, -0.1) is 0 Å². The summed E-state index contributed by atoms with van der Waals surface area (Å²) in [6.07, 6.45) is 2.08. The van der Waals surface area contributed by atoms with Gasteiger partial charge in [-0.3, -0.25) is 4.79 Å². The molecule has 1 aromatic carbocycles. The van der Waals surface area contributed by atoms with E-state index in [1.807, 2.05) is 0 Å². The molecule has 5 nitrogen and oxygen atoms in total. The molecular weight excluding hydrogens is 326 g/mol.